The SMILES string of the molecule is CC(C(=O)O)N(c1cccc(I)c1)S(C)(=O)=O. The predicted octanol–water partition coefficient (Wildman–Crippen LogP) is 1.53. The molecule has 0 radical (unpaired) electrons. The van der Waals surface area contributed by atoms with E-state index < -0.39 is 22.0 Å². The summed E-state index contributed by atoms with van der Waals surface area (Å²) in [5, 5.41) is 8.94. The van der Waals surface area contributed by atoms with Gasteiger partial charge in [0.25, 0.3) is 0 Å². The Balaban J connectivity index is 3.30. The van der Waals surface area contributed by atoms with Crippen molar-refractivity contribution in [1.82, 2.24) is 0 Å². The van der Waals surface area contributed by atoms with Gasteiger partial charge in [0, 0.05) is 3.57 Å². The number of nitrogens with zero attached hydrogens (tertiary/aromatic N) is 1. The van der Waals surface area contributed by atoms with Gasteiger partial charge in [0.05, 0.1) is 11.9 Å². The average Bonchev–Trinajstić information content (AvgIpc) is 2.15. The van der Waals surface area contributed by atoms with Crippen LogP contribution in [0.3, 0.4) is 0 Å². The van der Waals surface area contributed by atoms with Crippen molar-refractivity contribution in [2.24, 2.45) is 0 Å². The number of anilines is 1. The molecule has 0 aliphatic rings. The Morgan fingerprint density at radius 3 is 2.47 bits per heavy atom. The molecule has 5 nitrogen and oxygen atoms in total. The van der Waals surface area contributed by atoms with E-state index in [4.69, 9.17) is 5.11 Å². The van der Waals surface area contributed by atoms with Crippen LogP contribution in [0, 0.1) is 3.57 Å². The molecule has 1 atom stereocenters. The highest BCUT2D eigenvalue weighted by atomic mass is 127. The molecule has 0 aromatic heterocycles. The van der Waals surface area contributed by atoms with E-state index in [0.29, 0.717) is 5.69 Å². The zero-order valence-corrected chi connectivity index (χ0v) is 12.3. The van der Waals surface area contributed by atoms with Gasteiger partial charge in [-0.15, -0.1) is 0 Å². The van der Waals surface area contributed by atoms with Crippen LogP contribution >= 0.6 is 22.6 Å². The minimum absolute atomic E-state index is 0.356. The maximum Gasteiger partial charge on any atom is 0.327 e. The van der Waals surface area contributed by atoms with Gasteiger partial charge in [-0.3, -0.25) is 4.31 Å². The van der Waals surface area contributed by atoms with E-state index in [1.54, 1.807) is 24.3 Å². The number of carbonyl (C=O) groups is 1. The molecular weight excluding hydrogens is 357 g/mol. The van der Waals surface area contributed by atoms with Crippen LogP contribution in [0.15, 0.2) is 24.3 Å². The predicted molar refractivity (Wildman–Crippen MR) is 73.6 cm³/mol. The molecule has 0 saturated carbocycles. The number of carboxylic acids is 1. The minimum atomic E-state index is -3.63. The molecule has 1 aromatic rings. The van der Waals surface area contributed by atoms with Crippen molar-refractivity contribution >= 4 is 44.3 Å². The van der Waals surface area contributed by atoms with E-state index in [1.165, 1.54) is 6.92 Å². The number of hydrogen-bond acceptors (Lipinski definition) is 3. The summed E-state index contributed by atoms with van der Waals surface area (Å²) in [6.45, 7) is 1.34. The van der Waals surface area contributed by atoms with E-state index in [2.05, 4.69) is 0 Å². The molecule has 0 bridgehead atoms. The van der Waals surface area contributed by atoms with Crippen LogP contribution in [-0.2, 0) is 14.8 Å². The average molecular weight is 369 g/mol. The quantitative estimate of drug-likeness (QED) is 0.817. The van der Waals surface area contributed by atoms with Crippen LogP contribution in [0.1, 0.15) is 6.92 Å². The normalized spacial score (nSPS) is 13.1. The Labute approximate surface area is 114 Å². The van der Waals surface area contributed by atoms with Crippen LogP contribution in [0.4, 0.5) is 5.69 Å². The van der Waals surface area contributed by atoms with Gasteiger partial charge in [-0.2, -0.15) is 0 Å². The lowest BCUT2D eigenvalue weighted by molar-refractivity contribution is -0.137. The molecule has 0 amide bonds. The summed E-state index contributed by atoms with van der Waals surface area (Å²) in [6.07, 6.45) is 0.992. The number of aliphatic carboxylic acids is 1. The molecule has 17 heavy (non-hydrogen) atoms. The fraction of sp³-hybridized carbons (Fsp3) is 0.300. The van der Waals surface area contributed by atoms with E-state index in [1.807, 2.05) is 22.6 Å². The van der Waals surface area contributed by atoms with E-state index in [0.717, 1.165) is 14.1 Å². The van der Waals surface area contributed by atoms with Gasteiger partial charge in [0.15, 0.2) is 0 Å². The van der Waals surface area contributed by atoms with Crippen molar-refractivity contribution in [2.45, 2.75) is 13.0 Å². The highest BCUT2D eigenvalue weighted by Gasteiger charge is 2.28. The van der Waals surface area contributed by atoms with Gasteiger partial charge in [0.1, 0.15) is 6.04 Å². The third kappa shape index (κ3) is 3.56. The van der Waals surface area contributed by atoms with E-state index in [-0.39, 0.29) is 0 Å². The first kappa shape index (κ1) is 14.2. The lowest BCUT2D eigenvalue weighted by Gasteiger charge is -2.26. The van der Waals surface area contributed by atoms with Gasteiger partial charge in [-0.25, -0.2) is 13.2 Å². The van der Waals surface area contributed by atoms with Gasteiger partial charge in [-0.05, 0) is 47.7 Å². The van der Waals surface area contributed by atoms with Crippen LogP contribution in [0.25, 0.3) is 0 Å². The molecular formula is C10H12INO4S. The lowest BCUT2D eigenvalue weighted by atomic mass is 10.2. The second-order valence-corrected chi connectivity index (χ2v) is 6.66. The maximum absolute atomic E-state index is 11.6. The summed E-state index contributed by atoms with van der Waals surface area (Å²) in [5.74, 6) is -1.19. The molecule has 1 N–H and O–H groups in total. The van der Waals surface area contributed by atoms with Gasteiger partial charge < -0.3 is 5.11 Å². The number of benzene rings is 1. The second-order valence-electron chi connectivity index (χ2n) is 3.55. The van der Waals surface area contributed by atoms with Crippen LogP contribution in [-0.4, -0.2) is 31.8 Å². The number of hydrogen-bond donors (Lipinski definition) is 1. The maximum atomic E-state index is 11.6. The molecule has 0 aliphatic heterocycles. The Morgan fingerprint density at radius 2 is 2.06 bits per heavy atom. The Hall–Kier alpha value is -0.830. The third-order valence-corrected chi connectivity index (χ3v) is 4.04. The summed E-state index contributed by atoms with van der Waals surface area (Å²) >= 11 is 2.04. The first-order valence-electron chi connectivity index (χ1n) is 4.71. The third-order valence-electron chi connectivity index (χ3n) is 2.13. The summed E-state index contributed by atoms with van der Waals surface area (Å²) < 4.78 is 25.0. The Kier molecular flexibility index (Phi) is 4.36. The fourth-order valence-electron chi connectivity index (χ4n) is 1.42. The van der Waals surface area contributed by atoms with Crippen LogP contribution in [0.5, 0.6) is 0 Å². The number of halogens is 1. The standard InChI is InChI=1S/C10H12INO4S/c1-7(10(13)14)12(17(2,15)16)9-5-3-4-8(11)6-9/h3-7H,1-2H3,(H,13,14). The van der Waals surface area contributed by atoms with E-state index in [9.17, 15) is 13.2 Å². The highest BCUT2D eigenvalue weighted by molar-refractivity contribution is 14.1. The van der Waals surface area contributed by atoms with E-state index >= 15 is 0 Å². The number of rotatable bonds is 4. The Morgan fingerprint density at radius 1 is 1.47 bits per heavy atom. The first-order valence-corrected chi connectivity index (χ1v) is 7.64. The number of carboxylic acid groups (broad SMARTS) is 1. The summed E-state index contributed by atoms with van der Waals surface area (Å²) in [4.78, 5) is 10.9. The van der Waals surface area contributed by atoms with Crippen molar-refractivity contribution in [3.8, 4) is 0 Å². The molecule has 0 aliphatic carbocycles. The minimum Gasteiger partial charge on any atom is -0.480 e. The lowest BCUT2D eigenvalue weighted by Crippen LogP contribution is -2.42. The molecule has 0 spiro atoms. The van der Waals surface area contributed by atoms with Crippen LogP contribution < -0.4 is 4.31 Å². The molecule has 1 rings (SSSR count). The molecule has 1 aromatic carbocycles. The molecule has 0 saturated heterocycles. The van der Waals surface area contributed by atoms with Crippen LogP contribution in [0.2, 0.25) is 0 Å². The molecule has 1 unspecified atom stereocenters. The molecule has 0 heterocycles. The topological polar surface area (TPSA) is 74.7 Å². The molecule has 7 heteroatoms. The largest absolute Gasteiger partial charge is 0.480 e. The van der Waals surface area contributed by atoms with Crippen molar-refractivity contribution in [1.29, 1.82) is 0 Å². The summed E-state index contributed by atoms with van der Waals surface area (Å²) in [7, 11) is -3.63. The number of sulfonamides is 1. The van der Waals surface area contributed by atoms with Gasteiger partial charge in [0.2, 0.25) is 10.0 Å². The van der Waals surface area contributed by atoms with Gasteiger partial charge >= 0.3 is 5.97 Å². The van der Waals surface area contributed by atoms with Crippen molar-refractivity contribution in [2.75, 3.05) is 10.6 Å². The zero-order chi connectivity index (χ0) is 13.2. The zero-order valence-electron chi connectivity index (χ0n) is 9.29. The summed E-state index contributed by atoms with van der Waals surface area (Å²) in [6, 6.07) is 5.55. The second kappa shape index (κ2) is 5.21. The van der Waals surface area contributed by atoms with Crippen molar-refractivity contribution < 1.29 is 18.3 Å². The fourth-order valence-corrected chi connectivity index (χ4v) is 3.10. The van der Waals surface area contributed by atoms with Gasteiger partial charge in [-0.1, -0.05) is 6.07 Å². The first-order chi connectivity index (χ1) is 7.73. The monoisotopic (exact) mass is 369 g/mol. The summed E-state index contributed by atoms with van der Waals surface area (Å²) in [5.41, 5.74) is 0.356. The smallest absolute Gasteiger partial charge is 0.327 e. The molecule has 0 fully saturated rings. The Bertz CT molecular complexity index is 529. The highest BCUT2D eigenvalue weighted by Crippen LogP contribution is 2.22. The van der Waals surface area contributed by atoms with Crippen molar-refractivity contribution in [3.63, 3.8) is 0 Å². The van der Waals surface area contributed by atoms with Crippen molar-refractivity contribution in [3.05, 3.63) is 27.8 Å². The molecule has 94 valence electrons.